The minimum atomic E-state index is 0.884. The molecule has 0 saturated carbocycles. The molecule has 2 aromatic heterocycles. The van der Waals surface area contributed by atoms with Gasteiger partial charge in [-0.05, 0) is 60.9 Å². The highest BCUT2D eigenvalue weighted by Crippen LogP contribution is 2.37. The normalized spacial score (nSPS) is 11.8. The highest BCUT2D eigenvalue weighted by molar-refractivity contribution is 7.19. The molecule has 3 aromatic carbocycles. The monoisotopic (exact) mass is 405 g/mol. The fourth-order valence-electron chi connectivity index (χ4n) is 4.33. The van der Waals surface area contributed by atoms with Crippen molar-refractivity contribution in [3.05, 3.63) is 108 Å². The average Bonchev–Trinajstić information content (AvgIpc) is 3.25. The summed E-state index contributed by atoms with van der Waals surface area (Å²) >= 11 is 1.85. The van der Waals surface area contributed by atoms with Gasteiger partial charge in [0, 0.05) is 31.4 Å². The van der Waals surface area contributed by atoms with Crippen LogP contribution in [0.1, 0.15) is 16.0 Å². The Morgan fingerprint density at radius 2 is 1.73 bits per heavy atom. The van der Waals surface area contributed by atoms with E-state index >= 15 is 0 Å². The quantitative estimate of drug-likeness (QED) is 0.205. The lowest BCUT2D eigenvalue weighted by Crippen LogP contribution is -1.93. The summed E-state index contributed by atoms with van der Waals surface area (Å²) in [6.45, 7) is 9.91. The molecule has 0 spiro atoms. The van der Waals surface area contributed by atoms with Gasteiger partial charge >= 0.3 is 0 Å². The molecular formula is C28H23NS. The summed E-state index contributed by atoms with van der Waals surface area (Å²) in [7, 11) is 0. The molecule has 2 heterocycles. The van der Waals surface area contributed by atoms with Crippen LogP contribution < -0.4 is 0 Å². The molecule has 0 bridgehead atoms. The predicted octanol–water partition coefficient (Wildman–Crippen LogP) is 8.23. The molecular weight excluding hydrogens is 382 g/mol. The zero-order valence-electron chi connectivity index (χ0n) is 17.1. The van der Waals surface area contributed by atoms with E-state index in [4.69, 9.17) is 0 Å². The molecule has 146 valence electrons. The van der Waals surface area contributed by atoms with Crippen molar-refractivity contribution in [2.24, 2.45) is 0 Å². The van der Waals surface area contributed by atoms with Crippen LogP contribution in [0.4, 0.5) is 0 Å². The van der Waals surface area contributed by atoms with Crippen LogP contribution in [0.25, 0.3) is 43.7 Å². The second-order valence-corrected chi connectivity index (χ2v) is 8.80. The lowest BCUT2D eigenvalue weighted by molar-refractivity contribution is 1.18. The first-order valence-electron chi connectivity index (χ1n) is 10.2. The number of aryl methyl sites for hydroxylation is 1. The van der Waals surface area contributed by atoms with Gasteiger partial charge in [-0.3, -0.25) is 0 Å². The van der Waals surface area contributed by atoms with Crippen LogP contribution >= 0.6 is 11.3 Å². The Bertz CT molecular complexity index is 1460. The van der Waals surface area contributed by atoms with Gasteiger partial charge in [0.05, 0.1) is 11.0 Å². The maximum absolute atomic E-state index is 3.90. The maximum atomic E-state index is 3.90. The maximum Gasteiger partial charge on any atom is 0.0541 e. The lowest BCUT2D eigenvalue weighted by atomic mass is 10.1. The van der Waals surface area contributed by atoms with Crippen LogP contribution in [-0.2, 0) is 6.42 Å². The van der Waals surface area contributed by atoms with Gasteiger partial charge in [-0.1, -0.05) is 55.1 Å². The van der Waals surface area contributed by atoms with Gasteiger partial charge in [0.15, 0.2) is 0 Å². The zero-order chi connectivity index (χ0) is 20.7. The zero-order valence-corrected chi connectivity index (χ0v) is 17.9. The molecule has 30 heavy (non-hydrogen) atoms. The number of para-hydroxylation sites is 1. The summed E-state index contributed by atoms with van der Waals surface area (Å²) in [5, 5.41) is 3.87. The number of hydrogen-bond donors (Lipinski definition) is 0. The minimum absolute atomic E-state index is 0.884. The van der Waals surface area contributed by atoms with Crippen molar-refractivity contribution >= 4 is 49.3 Å². The van der Waals surface area contributed by atoms with Crippen LogP contribution in [0.5, 0.6) is 0 Å². The Morgan fingerprint density at radius 1 is 0.900 bits per heavy atom. The van der Waals surface area contributed by atoms with E-state index in [1.54, 1.807) is 0 Å². The summed E-state index contributed by atoms with van der Waals surface area (Å²) in [5.74, 6) is 0. The SMILES string of the molecule is C=C/C=C\c1c(C)sc2ccc(-n3c4ccccc4c4cc(CC=C)ccc43)cc12. The largest absolute Gasteiger partial charge is 0.309 e. The Kier molecular flexibility index (Phi) is 4.65. The predicted molar refractivity (Wildman–Crippen MR) is 134 cm³/mol. The number of aromatic nitrogens is 1. The molecule has 5 rings (SSSR count). The van der Waals surface area contributed by atoms with E-state index in [1.807, 2.05) is 29.6 Å². The standard InChI is InChI=1S/C28H23NS/c1-4-6-10-22-19(3)30-28-16-14-21(18-25(22)28)29-26-12-8-7-11-23(26)24-17-20(9-5-2)13-15-27(24)29/h4-8,10-18H,1-2,9H2,3H3/b10-6-. The van der Waals surface area contributed by atoms with E-state index < -0.39 is 0 Å². The first-order chi connectivity index (χ1) is 14.7. The van der Waals surface area contributed by atoms with Gasteiger partial charge in [0.1, 0.15) is 0 Å². The number of rotatable bonds is 5. The van der Waals surface area contributed by atoms with Gasteiger partial charge < -0.3 is 4.57 Å². The van der Waals surface area contributed by atoms with Crippen LogP contribution in [-0.4, -0.2) is 4.57 Å². The van der Waals surface area contributed by atoms with E-state index in [-0.39, 0.29) is 0 Å². The van der Waals surface area contributed by atoms with E-state index in [0.717, 1.165) is 6.42 Å². The van der Waals surface area contributed by atoms with E-state index in [1.165, 1.54) is 53.6 Å². The molecule has 1 nitrogen and oxygen atoms in total. The molecule has 5 aromatic rings. The van der Waals surface area contributed by atoms with Crippen molar-refractivity contribution in [1.82, 2.24) is 4.57 Å². The second-order valence-electron chi connectivity index (χ2n) is 7.54. The molecule has 0 unspecified atom stereocenters. The number of benzene rings is 3. The molecule has 0 radical (unpaired) electrons. The van der Waals surface area contributed by atoms with Crippen molar-refractivity contribution < 1.29 is 0 Å². The molecule has 0 N–H and O–H groups in total. The van der Waals surface area contributed by atoms with Gasteiger partial charge in [-0.2, -0.15) is 0 Å². The number of hydrogen-bond acceptors (Lipinski definition) is 1. The first kappa shape index (κ1) is 18.7. The fourth-order valence-corrected chi connectivity index (χ4v) is 5.36. The number of thiophene rings is 1. The van der Waals surface area contributed by atoms with Crippen molar-refractivity contribution in [2.75, 3.05) is 0 Å². The van der Waals surface area contributed by atoms with Crippen LogP contribution in [0.3, 0.4) is 0 Å². The Hall–Kier alpha value is -3.36. The van der Waals surface area contributed by atoms with E-state index in [9.17, 15) is 0 Å². The fraction of sp³-hybridized carbons (Fsp3) is 0.0714. The molecule has 2 heteroatoms. The van der Waals surface area contributed by atoms with Crippen molar-refractivity contribution in [2.45, 2.75) is 13.3 Å². The Morgan fingerprint density at radius 3 is 2.57 bits per heavy atom. The van der Waals surface area contributed by atoms with Crippen LogP contribution in [0.2, 0.25) is 0 Å². The summed E-state index contributed by atoms with van der Waals surface area (Å²) < 4.78 is 3.70. The molecule has 0 saturated heterocycles. The molecule has 0 aliphatic rings. The lowest BCUT2D eigenvalue weighted by Gasteiger charge is -2.09. The van der Waals surface area contributed by atoms with Crippen molar-refractivity contribution in [3.8, 4) is 5.69 Å². The highest BCUT2D eigenvalue weighted by atomic mass is 32.1. The average molecular weight is 406 g/mol. The summed E-state index contributed by atoms with van der Waals surface area (Å²) in [4.78, 5) is 1.33. The summed E-state index contributed by atoms with van der Waals surface area (Å²) in [6.07, 6.45) is 8.86. The molecule has 0 aliphatic heterocycles. The molecule has 0 amide bonds. The van der Waals surface area contributed by atoms with Crippen molar-refractivity contribution in [3.63, 3.8) is 0 Å². The first-order valence-corrected chi connectivity index (χ1v) is 11.0. The van der Waals surface area contributed by atoms with Crippen molar-refractivity contribution in [1.29, 1.82) is 0 Å². The summed E-state index contributed by atoms with van der Waals surface area (Å²) in [6, 6.07) is 22.3. The number of allylic oxidation sites excluding steroid dienone is 3. The number of fused-ring (bicyclic) bond motifs is 4. The summed E-state index contributed by atoms with van der Waals surface area (Å²) in [5.41, 5.74) is 6.24. The number of nitrogens with zero attached hydrogens (tertiary/aromatic N) is 1. The Labute approximate surface area is 180 Å². The third-order valence-electron chi connectivity index (χ3n) is 5.67. The van der Waals surface area contributed by atoms with Crippen LogP contribution in [0.15, 0.2) is 92.0 Å². The Balaban J connectivity index is 1.82. The topological polar surface area (TPSA) is 4.93 Å². The third-order valence-corrected chi connectivity index (χ3v) is 6.77. The minimum Gasteiger partial charge on any atom is -0.309 e. The highest BCUT2D eigenvalue weighted by Gasteiger charge is 2.14. The van der Waals surface area contributed by atoms with Gasteiger partial charge in [0.25, 0.3) is 0 Å². The molecule has 0 aliphatic carbocycles. The van der Waals surface area contributed by atoms with Gasteiger partial charge in [-0.15, -0.1) is 17.9 Å². The van der Waals surface area contributed by atoms with Crippen LogP contribution in [0, 0.1) is 6.92 Å². The van der Waals surface area contributed by atoms with E-state index in [2.05, 4.69) is 91.4 Å². The van der Waals surface area contributed by atoms with E-state index in [0.29, 0.717) is 0 Å². The third kappa shape index (κ3) is 2.92. The smallest absolute Gasteiger partial charge is 0.0541 e. The second kappa shape index (κ2) is 7.47. The van der Waals surface area contributed by atoms with Gasteiger partial charge in [0.2, 0.25) is 0 Å². The molecule has 0 fully saturated rings. The molecule has 0 atom stereocenters. The van der Waals surface area contributed by atoms with Gasteiger partial charge in [-0.25, -0.2) is 0 Å².